The Bertz CT molecular complexity index is 1440. The fraction of sp³-hybridized carbons (Fsp3) is 0.261. The van der Waals surface area contributed by atoms with E-state index in [1.807, 2.05) is 24.3 Å². The molecule has 6 rings (SSSR count). The lowest BCUT2D eigenvalue weighted by atomic mass is 10.0. The first-order chi connectivity index (χ1) is 16.0. The van der Waals surface area contributed by atoms with Crippen LogP contribution in [0.3, 0.4) is 0 Å². The molecule has 6 N–H and O–H groups in total. The van der Waals surface area contributed by atoms with Crippen molar-refractivity contribution in [2.24, 2.45) is 0 Å². The lowest BCUT2D eigenvalue weighted by molar-refractivity contribution is -0.0432. The third-order valence-electron chi connectivity index (χ3n) is 6.34. The molecule has 2 aromatic carbocycles. The number of anilines is 3. The first-order valence-corrected chi connectivity index (χ1v) is 10.7. The van der Waals surface area contributed by atoms with Gasteiger partial charge in [-0.2, -0.15) is 4.98 Å². The van der Waals surface area contributed by atoms with Gasteiger partial charge in [0.05, 0.1) is 30.4 Å². The molecule has 4 aromatic rings. The van der Waals surface area contributed by atoms with Crippen LogP contribution < -0.4 is 16.6 Å². The van der Waals surface area contributed by atoms with Crippen LogP contribution in [0, 0.1) is 0 Å². The van der Waals surface area contributed by atoms with Gasteiger partial charge < -0.3 is 26.0 Å². The maximum Gasteiger partial charge on any atom is 0.280 e. The zero-order chi connectivity index (χ0) is 22.7. The highest BCUT2D eigenvalue weighted by Gasteiger charge is 2.35. The SMILES string of the molecule is Nc1cc2c(cc1Nc1nc3c(ncn3[C@H]3C[C@H](O)[C@@H](CO)O3)c(=O)[nH]1)-c1ccccc1C2. The van der Waals surface area contributed by atoms with Crippen LogP contribution in [-0.4, -0.2) is 48.5 Å². The number of H-pyrrole nitrogens is 1. The van der Waals surface area contributed by atoms with E-state index < -0.39 is 24.0 Å². The summed E-state index contributed by atoms with van der Waals surface area (Å²) in [7, 11) is 0. The monoisotopic (exact) mass is 446 g/mol. The number of nitrogen functional groups attached to an aromatic ring is 1. The molecule has 0 spiro atoms. The third-order valence-corrected chi connectivity index (χ3v) is 6.34. The van der Waals surface area contributed by atoms with Gasteiger partial charge in [-0.05, 0) is 40.8 Å². The predicted molar refractivity (Wildman–Crippen MR) is 122 cm³/mol. The van der Waals surface area contributed by atoms with E-state index >= 15 is 0 Å². The second kappa shape index (κ2) is 7.41. The molecule has 3 heterocycles. The Morgan fingerprint density at radius 3 is 2.91 bits per heavy atom. The first kappa shape index (κ1) is 19.9. The van der Waals surface area contributed by atoms with E-state index in [4.69, 9.17) is 10.5 Å². The van der Waals surface area contributed by atoms with Gasteiger partial charge in [0.25, 0.3) is 5.56 Å². The molecule has 3 atom stereocenters. The van der Waals surface area contributed by atoms with Crippen molar-refractivity contribution in [2.75, 3.05) is 17.7 Å². The molecule has 0 saturated carbocycles. The van der Waals surface area contributed by atoms with Gasteiger partial charge in [0.2, 0.25) is 5.95 Å². The largest absolute Gasteiger partial charge is 0.397 e. The molecule has 1 saturated heterocycles. The number of nitrogens with one attached hydrogen (secondary N) is 2. The Kier molecular flexibility index (Phi) is 4.47. The van der Waals surface area contributed by atoms with E-state index in [2.05, 4.69) is 32.4 Å². The summed E-state index contributed by atoms with van der Waals surface area (Å²) in [5.41, 5.74) is 12.2. The topological polar surface area (TPSA) is 151 Å². The van der Waals surface area contributed by atoms with Crippen LogP contribution in [0.1, 0.15) is 23.8 Å². The highest BCUT2D eigenvalue weighted by atomic mass is 16.5. The highest BCUT2D eigenvalue weighted by Crippen LogP contribution is 2.40. The molecule has 10 nitrogen and oxygen atoms in total. The number of rotatable bonds is 4. The number of aliphatic hydroxyl groups excluding tert-OH is 2. The van der Waals surface area contributed by atoms with Crippen LogP contribution >= 0.6 is 0 Å². The Balaban J connectivity index is 1.37. The predicted octanol–water partition coefficient (Wildman–Crippen LogP) is 1.66. The van der Waals surface area contributed by atoms with Crippen molar-refractivity contribution < 1.29 is 14.9 Å². The molecule has 1 fully saturated rings. The van der Waals surface area contributed by atoms with Crippen LogP contribution in [-0.2, 0) is 11.2 Å². The standard InChI is InChI=1S/C23H22N6O4/c24-15-6-12-5-11-3-1-2-4-13(11)14(12)7-16(15)26-23-27-21-20(22(32)28-23)25-10-29(21)19-8-17(31)18(9-30)33-19/h1-4,6-7,10,17-19,30-31H,5,8-9,24H2,(H2,26,27,28,32)/t17-,18+,19+/m0/s1. The molecule has 168 valence electrons. The molecule has 1 aliphatic carbocycles. The summed E-state index contributed by atoms with van der Waals surface area (Å²) in [6.45, 7) is -0.300. The normalized spacial score (nSPS) is 21.3. The fourth-order valence-electron chi connectivity index (χ4n) is 4.69. The van der Waals surface area contributed by atoms with E-state index in [9.17, 15) is 15.0 Å². The van der Waals surface area contributed by atoms with E-state index in [0.29, 0.717) is 17.0 Å². The number of nitrogens with two attached hydrogens (primary N) is 1. The summed E-state index contributed by atoms with van der Waals surface area (Å²) in [5, 5.41) is 22.6. The summed E-state index contributed by atoms with van der Waals surface area (Å²) < 4.78 is 7.30. The zero-order valence-electron chi connectivity index (χ0n) is 17.5. The van der Waals surface area contributed by atoms with Crippen LogP contribution in [0.25, 0.3) is 22.3 Å². The molecule has 0 amide bonds. The number of nitrogens with zero attached hydrogens (tertiary/aromatic N) is 3. The number of benzene rings is 2. The molecule has 1 aliphatic heterocycles. The molecule has 0 unspecified atom stereocenters. The molecule has 0 radical (unpaired) electrons. The van der Waals surface area contributed by atoms with Gasteiger partial charge in [0.15, 0.2) is 11.2 Å². The van der Waals surface area contributed by atoms with E-state index in [1.54, 1.807) is 4.57 Å². The summed E-state index contributed by atoms with van der Waals surface area (Å²) >= 11 is 0. The minimum Gasteiger partial charge on any atom is -0.397 e. The number of imidazole rings is 1. The first-order valence-electron chi connectivity index (χ1n) is 10.7. The summed E-state index contributed by atoms with van der Waals surface area (Å²) in [6, 6.07) is 12.1. The molecule has 10 heteroatoms. The Morgan fingerprint density at radius 1 is 1.24 bits per heavy atom. The number of ether oxygens (including phenoxy) is 1. The molecular formula is C23H22N6O4. The van der Waals surface area contributed by atoms with Crippen molar-refractivity contribution in [1.82, 2.24) is 19.5 Å². The molecule has 2 aliphatic rings. The van der Waals surface area contributed by atoms with Gasteiger partial charge in [-0.15, -0.1) is 0 Å². The maximum atomic E-state index is 12.7. The third kappa shape index (κ3) is 3.18. The summed E-state index contributed by atoms with van der Waals surface area (Å²) in [4.78, 5) is 24.1. The maximum absolute atomic E-state index is 12.7. The van der Waals surface area contributed by atoms with Crippen molar-refractivity contribution in [2.45, 2.75) is 31.3 Å². The average Bonchev–Trinajstić information content (AvgIpc) is 3.48. The second-order valence-corrected chi connectivity index (χ2v) is 8.41. The van der Waals surface area contributed by atoms with Gasteiger partial charge in [-0.3, -0.25) is 14.3 Å². The van der Waals surface area contributed by atoms with Gasteiger partial charge in [-0.1, -0.05) is 24.3 Å². The number of aromatic amines is 1. The summed E-state index contributed by atoms with van der Waals surface area (Å²) in [5.74, 6) is 0.212. The lowest BCUT2D eigenvalue weighted by Crippen LogP contribution is -2.24. The van der Waals surface area contributed by atoms with E-state index in [0.717, 1.165) is 17.5 Å². The van der Waals surface area contributed by atoms with Gasteiger partial charge >= 0.3 is 0 Å². The Morgan fingerprint density at radius 2 is 2.09 bits per heavy atom. The highest BCUT2D eigenvalue weighted by molar-refractivity contribution is 5.85. The van der Waals surface area contributed by atoms with Crippen molar-refractivity contribution in [1.29, 1.82) is 0 Å². The smallest absolute Gasteiger partial charge is 0.280 e. The number of hydrogen-bond donors (Lipinski definition) is 5. The number of aromatic nitrogens is 4. The molecule has 2 aromatic heterocycles. The number of fused-ring (bicyclic) bond motifs is 4. The van der Waals surface area contributed by atoms with E-state index in [-0.39, 0.29) is 24.5 Å². The van der Waals surface area contributed by atoms with Crippen LogP contribution in [0.15, 0.2) is 47.5 Å². The lowest BCUT2D eigenvalue weighted by Gasteiger charge is -2.14. The molecular weight excluding hydrogens is 424 g/mol. The summed E-state index contributed by atoms with van der Waals surface area (Å²) in [6.07, 6.45) is 0.441. The number of hydrogen-bond acceptors (Lipinski definition) is 8. The van der Waals surface area contributed by atoms with Crippen molar-refractivity contribution in [3.8, 4) is 11.1 Å². The van der Waals surface area contributed by atoms with E-state index in [1.165, 1.54) is 17.5 Å². The van der Waals surface area contributed by atoms with Crippen LogP contribution in [0.4, 0.5) is 17.3 Å². The zero-order valence-corrected chi connectivity index (χ0v) is 17.5. The van der Waals surface area contributed by atoms with Crippen molar-refractivity contribution in [3.63, 3.8) is 0 Å². The number of aliphatic hydroxyl groups is 2. The average molecular weight is 446 g/mol. The molecule has 33 heavy (non-hydrogen) atoms. The fourth-order valence-corrected chi connectivity index (χ4v) is 4.69. The minimum absolute atomic E-state index is 0.155. The second-order valence-electron chi connectivity index (χ2n) is 8.41. The Hall–Kier alpha value is -3.73. The molecule has 0 bridgehead atoms. The quantitative estimate of drug-likeness (QED) is 0.262. The Labute approximate surface area is 187 Å². The van der Waals surface area contributed by atoms with Crippen LogP contribution in [0.2, 0.25) is 0 Å². The van der Waals surface area contributed by atoms with Crippen LogP contribution in [0.5, 0.6) is 0 Å². The minimum atomic E-state index is -0.814. The van der Waals surface area contributed by atoms with Gasteiger partial charge in [0.1, 0.15) is 12.3 Å². The van der Waals surface area contributed by atoms with Gasteiger partial charge in [-0.25, -0.2) is 4.98 Å². The van der Waals surface area contributed by atoms with Crippen molar-refractivity contribution in [3.05, 3.63) is 64.2 Å². The van der Waals surface area contributed by atoms with Gasteiger partial charge in [0, 0.05) is 6.42 Å². The van der Waals surface area contributed by atoms with Crippen molar-refractivity contribution >= 4 is 28.5 Å².